The maximum atomic E-state index is 12.7. The van der Waals surface area contributed by atoms with E-state index in [-0.39, 0.29) is 30.4 Å². The summed E-state index contributed by atoms with van der Waals surface area (Å²) in [6.07, 6.45) is -0.572. The Kier molecular flexibility index (Phi) is 6.80. The average molecular weight is 468 g/mol. The van der Waals surface area contributed by atoms with E-state index in [9.17, 15) is 9.59 Å². The zero-order valence-corrected chi connectivity index (χ0v) is 20.0. The molecule has 0 spiro atoms. The van der Waals surface area contributed by atoms with Crippen LogP contribution in [-0.2, 0) is 9.59 Å². The number of benzene rings is 1. The Balaban J connectivity index is 1.49. The Hall–Kier alpha value is -3.17. The largest absolute Gasteiger partial charge is 0.484 e. The summed E-state index contributed by atoms with van der Waals surface area (Å²) in [5.41, 5.74) is 1.93. The Labute approximate surface area is 197 Å². The first-order chi connectivity index (χ1) is 15.8. The van der Waals surface area contributed by atoms with Crippen LogP contribution >= 0.6 is 11.3 Å². The van der Waals surface area contributed by atoms with Crippen molar-refractivity contribution in [3.05, 3.63) is 53.4 Å². The van der Waals surface area contributed by atoms with Crippen molar-refractivity contribution in [3.63, 3.8) is 0 Å². The van der Waals surface area contributed by atoms with Crippen LogP contribution in [0.1, 0.15) is 45.5 Å². The van der Waals surface area contributed by atoms with Crippen molar-refractivity contribution in [2.75, 3.05) is 11.9 Å². The van der Waals surface area contributed by atoms with Crippen LogP contribution in [0.2, 0.25) is 0 Å². The lowest BCUT2D eigenvalue weighted by molar-refractivity contribution is -0.130. The standard InChI is InChI=1S/C24H29N5O3S/c1-14(2)17-7-9-18(10-8-17)32-13-22(30)26-21-12-19(20-6-5-11-33-20)28-29(21)24-25-16(4)15(3)23(31)27-24/h5-12,14-16,24-25H,13H2,1-4H3,(H,26,30)(H,27,31). The van der Waals surface area contributed by atoms with Crippen LogP contribution in [0.3, 0.4) is 0 Å². The van der Waals surface area contributed by atoms with Crippen LogP contribution in [-0.4, -0.2) is 34.2 Å². The zero-order chi connectivity index (χ0) is 23.5. The number of ether oxygens (including phenoxy) is 1. The Morgan fingerprint density at radius 2 is 2.00 bits per heavy atom. The zero-order valence-electron chi connectivity index (χ0n) is 19.2. The monoisotopic (exact) mass is 467 g/mol. The van der Waals surface area contributed by atoms with E-state index in [0.29, 0.717) is 23.2 Å². The van der Waals surface area contributed by atoms with Gasteiger partial charge in [0.1, 0.15) is 17.3 Å². The van der Waals surface area contributed by atoms with Gasteiger partial charge in [0.2, 0.25) is 5.91 Å². The molecule has 8 nitrogen and oxygen atoms in total. The van der Waals surface area contributed by atoms with Gasteiger partial charge in [-0.15, -0.1) is 11.3 Å². The molecule has 3 unspecified atom stereocenters. The van der Waals surface area contributed by atoms with E-state index in [1.165, 1.54) is 5.56 Å². The summed E-state index contributed by atoms with van der Waals surface area (Å²) in [5, 5.41) is 15.8. The normalized spacial score (nSPS) is 20.5. The molecule has 1 fully saturated rings. The first-order valence-electron chi connectivity index (χ1n) is 11.0. The van der Waals surface area contributed by atoms with Crippen molar-refractivity contribution in [2.45, 2.75) is 45.9 Å². The smallest absolute Gasteiger partial charge is 0.263 e. The van der Waals surface area contributed by atoms with Crippen molar-refractivity contribution >= 4 is 29.0 Å². The summed E-state index contributed by atoms with van der Waals surface area (Å²) < 4.78 is 7.26. The van der Waals surface area contributed by atoms with Crippen LogP contribution in [0, 0.1) is 5.92 Å². The summed E-state index contributed by atoms with van der Waals surface area (Å²) in [5.74, 6) is 0.991. The third-order valence-electron chi connectivity index (χ3n) is 5.80. The highest BCUT2D eigenvalue weighted by Gasteiger charge is 2.32. The van der Waals surface area contributed by atoms with Gasteiger partial charge in [0.05, 0.1) is 10.8 Å². The van der Waals surface area contributed by atoms with E-state index < -0.39 is 6.29 Å². The van der Waals surface area contributed by atoms with Crippen LogP contribution in [0.25, 0.3) is 10.6 Å². The van der Waals surface area contributed by atoms with Gasteiger partial charge in [0.25, 0.3) is 5.91 Å². The average Bonchev–Trinajstić information content (AvgIpc) is 3.46. The summed E-state index contributed by atoms with van der Waals surface area (Å²) in [7, 11) is 0. The van der Waals surface area contributed by atoms with Gasteiger partial charge in [-0.2, -0.15) is 5.10 Å². The lowest BCUT2D eigenvalue weighted by Gasteiger charge is -2.34. The number of thiophene rings is 1. The molecule has 1 aliphatic heterocycles. The van der Waals surface area contributed by atoms with Gasteiger partial charge in [-0.3, -0.25) is 14.9 Å². The molecule has 0 saturated carbocycles. The van der Waals surface area contributed by atoms with Gasteiger partial charge in [-0.1, -0.05) is 39.0 Å². The van der Waals surface area contributed by atoms with Gasteiger partial charge in [-0.05, 0) is 42.0 Å². The minimum Gasteiger partial charge on any atom is -0.484 e. The number of hydrogen-bond acceptors (Lipinski definition) is 6. The van der Waals surface area contributed by atoms with Gasteiger partial charge in [0.15, 0.2) is 12.9 Å². The van der Waals surface area contributed by atoms with Gasteiger partial charge < -0.3 is 15.4 Å². The molecule has 4 rings (SSSR count). The minimum atomic E-state index is -0.572. The molecule has 1 saturated heterocycles. The topological polar surface area (TPSA) is 97.3 Å². The van der Waals surface area contributed by atoms with E-state index in [4.69, 9.17) is 4.74 Å². The number of carbonyl (C=O) groups excluding carboxylic acids is 2. The van der Waals surface area contributed by atoms with Crippen molar-refractivity contribution < 1.29 is 14.3 Å². The molecule has 1 aromatic carbocycles. The van der Waals surface area contributed by atoms with E-state index in [2.05, 4.69) is 34.9 Å². The number of nitrogens with zero attached hydrogens (tertiary/aromatic N) is 2. The highest BCUT2D eigenvalue weighted by atomic mass is 32.1. The highest BCUT2D eigenvalue weighted by Crippen LogP contribution is 2.28. The fraction of sp³-hybridized carbons (Fsp3) is 0.375. The quantitative estimate of drug-likeness (QED) is 0.489. The third-order valence-corrected chi connectivity index (χ3v) is 6.69. The van der Waals surface area contributed by atoms with Crippen LogP contribution in [0.15, 0.2) is 47.8 Å². The van der Waals surface area contributed by atoms with Crippen LogP contribution < -0.4 is 20.7 Å². The molecule has 2 aromatic heterocycles. The molecule has 0 aliphatic carbocycles. The molecule has 0 radical (unpaired) electrons. The van der Waals surface area contributed by atoms with Crippen LogP contribution in [0.4, 0.5) is 5.82 Å². The molecule has 9 heteroatoms. The van der Waals surface area contributed by atoms with E-state index >= 15 is 0 Å². The van der Waals surface area contributed by atoms with E-state index in [0.717, 1.165) is 4.88 Å². The predicted octanol–water partition coefficient (Wildman–Crippen LogP) is 3.95. The number of hydrogen-bond donors (Lipinski definition) is 3. The second-order valence-corrected chi connectivity index (χ2v) is 9.50. The first kappa shape index (κ1) is 23.0. The number of anilines is 1. The van der Waals surface area contributed by atoms with Crippen molar-refractivity contribution in [2.24, 2.45) is 5.92 Å². The first-order valence-corrected chi connectivity index (χ1v) is 11.9. The minimum absolute atomic E-state index is 0.0427. The summed E-state index contributed by atoms with van der Waals surface area (Å²) in [6.45, 7) is 7.94. The number of nitrogens with one attached hydrogen (secondary N) is 3. The molecule has 3 aromatic rings. The highest BCUT2D eigenvalue weighted by molar-refractivity contribution is 7.13. The third kappa shape index (κ3) is 5.26. The summed E-state index contributed by atoms with van der Waals surface area (Å²) in [6, 6.07) is 13.4. The fourth-order valence-corrected chi connectivity index (χ4v) is 4.25. The van der Waals surface area contributed by atoms with Gasteiger partial charge >= 0.3 is 0 Å². The molecule has 3 atom stereocenters. The number of aromatic nitrogens is 2. The maximum absolute atomic E-state index is 12.7. The predicted molar refractivity (Wildman–Crippen MR) is 129 cm³/mol. The molecule has 3 heterocycles. The van der Waals surface area contributed by atoms with E-state index in [1.807, 2.05) is 55.6 Å². The summed E-state index contributed by atoms with van der Waals surface area (Å²) >= 11 is 1.55. The number of amides is 2. The molecule has 0 bridgehead atoms. The van der Waals surface area contributed by atoms with Gasteiger partial charge in [0, 0.05) is 12.1 Å². The van der Waals surface area contributed by atoms with Crippen LogP contribution in [0.5, 0.6) is 5.75 Å². The molecule has 33 heavy (non-hydrogen) atoms. The molecular formula is C24H29N5O3S. The second kappa shape index (κ2) is 9.76. The second-order valence-electron chi connectivity index (χ2n) is 8.55. The summed E-state index contributed by atoms with van der Waals surface area (Å²) in [4.78, 5) is 26.0. The number of rotatable bonds is 7. The van der Waals surface area contributed by atoms with Crippen molar-refractivity contribution in [3.8, 4) is 16.3 Å². The molecule has 1 aliphatic rings. The molecule has 2 amide bonds. The lowest BCUT2D eigenvalue weighted by Crippen LogP contribution is -2.57. The molecule has 3 N–H and O–H groups in total. The van der Waals surface area contributed by atoms with Crippen molar-refractivity contribution in [1.29, 1.82) is 0 Å². The van der Waals surface area contributed by atoms with Gasteiger partial charge in [-0.25, -0.2) is 4.68 Å². The fourth-order valence-electron chi connectivity index (χ4n) is 3.57. The SMILES string of the molecule is CC(C)c1ccc(OCC(=O)Nc2cc(-c3cccs3)nn2C2NC(=O)C(C)C(C)N2)cc1. The maximum Gasteiger partial charge on any atom is 0.263 e. The number of carbonyl (C=O) groups is 2. The molecule has 174 valence electrons. The van der Waals surface area contributed by atoms with E-state index in [1.54, 1.807) is 22.1 Å². The molecular weight excluding hydrogens is 438 g/mol. The Morgan fingerprint density at radius 1 is 1.24 bits per heavy atom. The Morgan fingerprint density at radius 3 is 2.64 bits per heavy atom. The van der Waals surface area contributed by atoms with Crippen molar-refractivity contribution in [1.82, 2.24) is 20.4 Å². The lowest BCUT2D eigenvalue weighted by atomic mass is 10.0. The Bertz CT molecular complexity index is 1110.